The molecule has 6 nitrogen and oxygen atoms in total. The Morgan fingerprint density at radius 2 is 2.28 bits per heavy atom. The molecule has 0 fully saturated rings. The fourth-order valence-electron chi connectivity index (χ4n) is 1.39. The van der Waals surface area contributed by atoms with E-state index in [2.05, 4.69) is 31.3 Å². The minimum atomic E-state index is -0.255. The summed E-state index contributed by atoms with van der Waals surface area (Å²) in [5.41, 5.74) is 0.505. The van der Waals surface area contributed by atoms with Crippen LogP contribution in [0.5, 0.6) is 5.75 Å². The number of nitrogens with one attached hydrogen (secondary N) is 1. The molecule has 0 radical (unpaired) electrons. The van der Waals surface area contributed by atoms with Crippen LogP contribution in [0.1, 0.15) is 10.4 Å². The van der Waals surface area contributed by atoms with Gasteiger partial charge in [0.1, 0.15) is 12.1 Å². The van der Waals surface area contributed by atoms with Gasteiger partial charge in [0.15, 0.2) is 0 Å². The number of hydrogen-bond donors (Lipinski definition) is 1. The second-order valence-electron chi connectivity index (χ2n) is 3.51. The summed E-state index contributed by atoms with van der Waals surface area (Å²) in [4.78, 5) is 15.9. The summed E-state index contributed by atoms with van der Waals surface area (Å²) >= 11 is 3.33. The average molecular weight is 311 g/mol. The lowest BCUT2D eigenvalue weighted by molar-refractivity contribution is 0.102. The third kappa shape index (κ3) is 2.51. The van der Waals surface area contributed by atoms with Crippen LogP contribution in [0.2, 0.25) is 0 Å². The summed E-state index contributed by atoms with van der Waals surface area (Å²) in [6.07, 6.45) is 1.37. The van der Waals surface area contributed by atoms with Crippen LogP contribution in [0.15, 0.2) is 29.0 Å². The van der Waals surface area contributed by atoms with Gasteiger partial charge in [0.05, 0.1) is 11.6 Å². The zero-order valence-corrected chi connectivity index (χ0v) is 11.4. The molecule has 7 heteroatoms. The second kappa shape index (κ2) is 5.18. The lowest BCUT2D eigenvalue weighted by atomic mass is 10.2. The number of hydrogen-bond acceptors (Lipinski definition) is 4. The van der Waals surface area contributed by atoms with Gasteiger partial charge in [-0.1, -0.05) is 0 Å². The Balaban J connectivity index is 2.19. The number of halogens is 1. The molecule has 0 atom stereocenters. The van der Waals surface area contributed by atoms with Gasteiger partial charge in [0.2, 0.25) is 5.95 Å². The fourth-order valence-corrected chi connectivity index (χ4v) is 1.93. The van der Waals surface area contributed by atoms with Gasteiger partial charge in [-0.3, -0.25) is 10.1 Å². The largest absolute Gasteiger partial charge is 0.496 e. The van der Waals surface area contributed by atoms with Gasteiger partial charge in [-0.2, -0.15) is 10.1 Å². The van der Waals surface area contributed by atoms with Crippen LogP contribution in [0.3, 0.4) is 0 Å². The van der Waals surface area contributed by atoms with E-state index in [9.17, 15) is 4.79 Å². The molecule has 0 unspecified atom stereocenters. The third-order valence-corrected chi connectivity index (χ3v) is 2.97. The standard InChI is InChI=1S/C11H11BrN4O2/c1-16-11(13-6-14-16)15-10(17)7-3-4-9(18-2)8(12)5-7/h3-6H,1-2H3,(H,13,14,15,17). The monoisotopic (exact) mass is 310 g/mol. The van der Waals surface area contributed by atoms with E-state index in [0.29, 0.717) is 17.3 Å². The summed E-state index contributed by atoms with van der Waals surface area (Å²) in [5, 5.41) is 6.53. The molecule has 0 aliphatic carbocycles. The zero-order chi connectivity index (χ0) is 13.1. The Labute approximate surface area is 112 Å². The minimum absolute atomic E-state index is 0.255. The molecule has 0 spiro atoms. The average Bonchev–Trinajstić information content (AvgIpc) is 2.75. The van der Waals surface area contributed by atoms with E-state index in [1.807, 2.05) is 0 Å². The maximum Gasteiger partial charge on any atom is 0.258 e. The van der Waals surface area contributed by atoms with E-state index in [-0.39, 0.29) is 5.91 Å². The second-order valence-corrected chi connectivity index (χ2v) is 4.37. The van der Waals surface area contributed by atoms with Gasteiger partial charge >= 0.3 is 0 Å². The number of carbonyl (C=O) groups is 1. The SMILES string of the molecule is COc1ccc(C(=O)Nc2ncnn2C)cc1Br. The van der Waals surface area contributed by atoms with Crippen molar-refractivity contribution >= 4 is 27.8 Å². The molecule has 1 aromatic carbocycles. The molecule has 0 aliphatic rings. The lowest BCUT2D eigenvalue weighted by Gasteiger charge is -2.06. The molecular weight excluding hydrogens is 300 g/mol. The van der Waals surface area contributed by atoms with Gasteiger partial charge in [-0.25, -0.2) is 4.68 Å². The van der Waals surface area contributed by atoms with Crippen molar-refractivity contribution < 1.29 is 9.53 Å². The van der Waals surface area contributed by atoms with Gasteiger partial charge < -0.3 is 4.74 Å². The summed E-state index contributed by atoms with van der Waals surface area (Å²) in [6, 6.07) is 5.08. The van der Waals surface area contributed by atoms with E-state index in [0.717, 1.165) is 4.47 Å². The van der Waals surface area contributed by atoms with E-state index >= 15 is 0 Å². The molecule has 0 aliphatic heterocycles. The number of aromatic nitrogens is 3. The molecular formula is C11H11BrN4O2. The van der Waals surface area contributed by atoms with Crippen LogP contribution < -0.4 is 10.1 Å². The minimum Gasteiger partial charge on any atom is -0.496 e. The van der Waals surface area contributed by atoms with Crippen LogP contribution in [-0.2, 0) is 7.05 Å². The first-order valence-corrected chi connectivity index (χ1v) is 5.90. The van der Waals surface area contributed by atoms with Crippen LogP contribution in [0.4, 0.5) is 5.95 Å². The summed E-state index contributed by atoms with van der Waals surface area (Å²) in [6.45, 7) is 0. The number of rotatable bonds is 3. The first kappa shape index (κ1) is 12.6. The highest BCUT2D eigenvalue weighted by Gasteiger charge is 2.11. The highest BCUT2D eigenvalue weighted by Crippen LogP contribution is 2.25. The molecule has 0 bridgehead atoms. The van der Waals surface area contributed by atoms with Gasteiger partial charge in [-0.15, -0.1) is 0 Å². The summed E-state index contributed by atoms with van der Waals surface area (Å²) < 4.78 is 7.30. The molecule has 1 N–H and O–H groups in total. The molecule has 18 heavy (non-hydrogen) atoms. The molecule has 2 rings (SSSR count). The van der Waals surface area contributed by atoms with Crippen molar-refractivity contribution in [1.82, 2.24) is 14.8 Å². The first-order valence-electron chi connectivity index (χ1n) is 5.10. The number of aryl methyl sites for hydroxylation is 1. The number of benzene rings is 1. The molecule has 2 aromatic rings. The zero-order valence-electron chi connectivity index (χ0n) is 9.85. The van der Waals surface area contributed by atoms with Gasteiger partial charge in [-0.05, 0) is 34.1 Å². The predicted molar refractivity (Wildman–Crippen MR) is 69.7 cm³/mol. The number of anilines is 1. The van der Waals surface area contributed by atoms with E-state index < -0.39 is 0 Å². The van der Waals surface area contributed by atoms with Gasteiger partial charge in [0, 0.05) is 12.6 Å². The molecule has 0 saturated carbocycles. The Hall–Kier alpha value is -1.89. The quantitative estimate of drug-likeness (QED) is 0.939. The van der Waals surface area contributed by atoms with Crippen molar-refractivity contribution in [3.8, 4) is 5.75 Å². The fraction of sp³-hybridized carbons (Fsp3) is 0.182. The van der Waals surface area contributed by atoms with Crippen molar-refractivity contribution in [3.05, 3.63) is 34.6 Å². The van der Waals surface area contributed by atoms with E-state index in [1.165, 1.54) is 11.0 Å². The highest BCUT2D eigenvalue weighted by molar-refractivity contribution is 9.10. The maximum atomic E-state index is 12.0. The van der Waals surface area contributed by atoms with E-state index in [1.54, 1.807) is 32.4 Å². The number of amides is 1. The Kier molecular flexibility index (Phi) is 3.61. The van der Waals surface area contributed by atoms with Crippen LogP contribution in [-0.4, -0.2) is 27.8 Å². The third-order valence-electron chi connectivity index (χ3n) is 2.35. The smallest absolute Gasteiger partial charge is 0.258 e. The van der Waals surface area contributed by atoms with Crippen LogP contribution >= 0.6 is 15.9 Å². The molecule has 1 aromatic heterocycles. The Morgan fingerprint density at radius 1 is 1.50 bits per heavy atom. The van der Waals surface area contributed by atoms with Crippen molar-refractivity contribution in [1.29, 1.82) is 0 Å². The number of ether oxygens (including phenoxy) is 1. The van der Waals surface area contributed by atoms with Crippen LogP contribution in [0.25, 0.3) is 0 Å². The van der Waals surface area contributed by atoms with Crippen molar-refractivity contribution in [2.75, 3.05) is 12.4 Å². The summed E-state index contributed by atoms with van der Waals surface area (Å²) in [5.74, 6) is 0.812. The number of methoxy groups -OCH3 is 1. The Morgan fingerprint density at radius 3 is 2.83 bits per heavy atom. The molecule has 94 valence electrons. The highest BCUT2D eigenvalue weighted by atomic mass is 79.9. The van der Waals surface area contributed by atoms with E-state index in [4.69, 9.17) is 4.74 Å². The van der Waals surface area contributed by atoms with Crippen LogP contribution in [0, 0.1) is 0 Å². The maximum absolute atomic E-state index is 12.0. The van der Waals surface area contributed by atoms with Crippen molar-refractivity contribution in [2.45, 2.75) is 0 Å². The van der Waals surface area contributed by atoms with Gasteiger partial charge in [0.25, 0.3) is 5.91 Å². The molecule has 0 saturated heterocycles. The Bertz CT molecular complexity index is 582. The molecule has 1 heterocycles. The lowest BCUT2D eigenvalue weighted by Crippen LogP contribution is -2.15. The summed E-state index contributed by atoms with van der Waals surface area (Å²) in [7, 11) is 3.27. The number of carbonyl (C=O) groups excluding carboxylic acids is 1. The normalized spacial score (nSPS) is 10.2. The number of nitrogens with zero attached hydrogens (tertiary/aromatic N) is 3. The molecule has 1 amide bonds. The van der Waals surface area contributed by atoms with Crippen molar-refractivity contribution in [3.63, 3.8) is 0 Å². The van der Waals surface area contributed by atoms with Crippen molar-refractivity contribution in [2.24, 2.45) is 7.05 Å². The first-order chi connectivity index (χ1) is 8.61. The topological polar surface area (TPSA) is 69.0 Å². The predicted octanol–water partition coefficient (Wildman–Crippen LogP) is 1.84.